The first-order valence-electron chi connectivity index (χ1n) is 7.79. The van der Waals surface area contributed by atoms with Gasteiger partial charge in [-0.25, -0.2) is 0 Å². The van der Waals surface area contributed by atoms with Crippen LogP contribution in [0.2, 0.25) is 0 Å². The molecule has 2 heterocycles. The molecule has 8 heteroatoms. The molecule has 3 N–H and O–H groups in total. The van der Waals surface area contributed by atoms with Gasteiger partial charge < -0.3 is 10.1 Å². The number of aryl methyl sites for hydroxylation is 1. The number of hydrogen-bond acceptors (Lipinski definition) is 5. The topological polar surface area (TPSA) is 109 Å². The Bertz CT molecular complexity index is 769. The van der Waals surface area contributed by atoms with Crippen LogP contribution < -0.4 is 15.4 Å². The van der Waals surface area contributed by atoms with E-state index in [9.17, 15) is 9.59 Å². The van der Waals surface area contributed by atoms with Crippen molar-refractivity contribution in [3.05, 3.63) is 29.6 Å². The Morgan fingerprint density at radius 1 is 1.38 bits per heavy atom. The van der Waals surface area contributed by atoms with E-state index in [4.69, 9.17) is 4.74 Å². The van der Waals surface area contributed by atoms with Crippen LogP contribution in [0.15, 0.2) is 18.2 Å². The molecule has 2 aromatic rings. The molecule has 1 aromatic heterocycles. The molecule has 1 aliphatic rings. The van der Waals surface area contributed by atoms with E-state index in [1.807, 2.05) is 19.9 Å². The van der Waals surface area contributed by atoms with E-state index >= 15 is 0 Å². The fraction of sp³-hybridized carbons (Fsp3) is 0.375. The minimum atomic E-state index is -0.355. The Kier molecular flexibility index (Phi) is 4.45. The third kappa shape index (κ3) is 3.70. The van der Waals surface area contributed by atoms with Gasteiger partial charge in [-0.3, -0.25) is 20.0 Å². The Morgan fingerprint density at radius 3 is 2.96 bits per heavy atom. The number of aromatic amines is 1. The quantitative estimate of drug-likeness (QED) is 0.775. The van der Waals surface area contributed by atoms with Crippen LogP contribution in [0, 0.1) is 0 Å². The van der Waals surface area contributed by atoms with Gasteiger partial charge in [0, 0.05) is 24.1 Å². The van der Waals surface area contributed by atoms with Gasteiger partial charge in [0.2, 0.25) is 11.9 Å². The number of amides is 2. The van der Waals surface area contributed by atoms with Crippen molar-refractivity contribution in [2.75, 3.05) is 17.2 Å². The van der Waals surface area contributed by atoms with E-state index in [-0.39, 0.29) is 30.3 Å². The summed E-state index contributed by atoms with van der Waals surface area (Å²) in [6.45, 7) is 3.78. The third-order valence-corrected chi connectivity index (χ3v) is 3.65. The zero-order valence-electron chi connectivity index (χ0n) is 13.5. The maximum Gasteiger partial charge on any atom is 0.264 e. The number of aromatic nitrogens is 3. The van der Waals surface area contributed by atoms with E-state index in [1.54, 1.807) is 12.1 Å². The van der Waals surface area contributed by atoms with Crippen LogP contribution in [0.25, 0.3) is 0 Å². The molecule has 24 heavy (non-hydrogen) atoms. The van der Waals surface area contributed by atoms with Gasteiger partial charge in [-0.15, -0.1) is 5.10 Å². The average molecular weight is 329 g/mol. The van der Waals surface area contributed by atoms with E-state index in [0.29, 0.717) is 24.4 Å². The first-order valence-corrected chi connectivity index (χ1v) is 7.79. The molecule has 126 valence electrons. The predicted molar refractivity (Wildman–Crippen MR) is 88.0 cm³/mol. The number of benzene rings is 1. The molecule has 0 saturated carbocycles. The molecule has 8 nitrogen and oxygen atoms in total. The van der Waals surface area contributed by atoms with Crippen LogP contribution >= 0.6 is 0 Å². The van der Waals surface area contributed by atoms with Crippen molar-refractivity contribution in [3.8, 4) is 5.75 Å². The molecule has 0 saturated heterocycles. The number of rotatable bonds is 5. The molecule has 0 spiro atoms. The summed E-state index contributed by atoms with van der Waals surface area (Å²) in [4.78, 5) is 27.5. The summed E-state index contributed by atoms with van der Waals surface area (Å²) in [6.07, 6.45) is 1.20. The molecule has 3 rings (SSSR count). The summed E-state index contributed by atoms with van der Waals surface area (Å²) in [7, 11) is 0. The van der Waals surface area contributed by atoms with Crippen molar-refractivity contribution in [1.29, 1.82) is 0 Å². The fourth-order valence-corrected chi connectivity index (χ4v) is 2.34. The normalized spacial score (nSPS) is 13.4. The first kappa shape index (κ1) is 16.0. The molecule has 1 aliphatic heterocycles. The van der Waals surface area contributed by atoms with Crippen LogP contribution in [0.1, 0.15) is 37.6 Å². The van der Waals surface area contributed by atoms with Crippen molar-refractivity contribution in [3.63, 3.8) is 0 Å². The summed E-state index contributed by atoms with van der Waals surface area (Å²) >= 11 is 0. The minimum absolute atomic E-state index is 0.0112. The summed E-state index contributed by atoms with van der Waals surface area (Å²) in [5, 5.41) is 12.1. The van der Waals surface area contributed by atoms with Gasteiger partial charge in [0.05, 0.1) is 0 Å². The van der Waals surface area contributed by atoms with Gasteiger partial charge in [0.25, 0.3) is 5.91 Å². The molecule has 2 amide bonds. The molecule has 0 atom stereocenters. The van der Waals surface area contributed by atoms with Gasteiger partial charge in [-0.05, 0) is 18.1 Å². The van der Waals surface area contributed by atoms with Crippen molar-refractivity contribution in [1.82, 2.24) is 15.2 Å². The van der Waals surface area contributed by atoms with E-state index in [2.05, 4.69) is 25.8 Å². The lowest BCUT2D eigenvalue weighted by molar-refractivity contribution is -0.118. The second kappa shape index (κ2) is 6.69. The van der Waals surface area contributed by atoms with E-state index in [0.717, 1.165) is 11.3 Å². The number of anilines is 2. The van der Waals surface area contributed by atoms with E-state index < -0.39 is 0 Å². The number of H-pyrrole nitrogens is 1. The summed E-state index contributed by atoms with van der Waals surface area (Å²) in [5.41, 5.74) is 1.80. The van der Waals surface area contributed by atoms with Gasteiger partial charge >= 0.3 is 0 Å². The van der Waals surface area contributed by atoms with Crippen molar-refractivity contribution < 1.29 is 14.3 Å². The highest BCUT2D eigenvalue weighted by atomic mass is 16.5. The monoisotopic (exact) mass is 329 g/mol. The number of ether oxygens (including phenoxy) is 1. The van der Waals surface area contributed by atoms with Crippen LogP contribution in [-0.4, -0.2) is 33.6 Å². The summed E-state index contributed by atoms with van der Waals surface area (Å²) < 4.78 is 5.47. The highest BCUT2D eigenvalue weighted by Crippen LogP contribution is 2.27. The summed E-state index contributed by atoms with van der Waals surface area (Å²) in [6, 6.07) is 5.41. The number of carbonyl (C=O) groups is 2. The number of hydrogen-bond donors (Lipinski definition) is 3. The van der Waals surface area contributed by atoms with Crippen molar-refractivity contribution in [2.45, 2.75) is 32.6 Å². The maximum atomic E-state index is 11.9. The zero-order valence-corrected chi connectivity index (χ0v) is 13.5. The number of nitrogens with one attached hydrogen (secondary N) is 3. The van der Waals surface area contributed by atoms with Gasteiger partial charge in [0.1, 0.15) is 11.6 Å². The van der Waals surface area contributed by atoms with Crippen molar-refractivity contribution >= 4 is 23.5 Å². The van der Waals surface area contributed by atoms with Gasteiger partial charge in [-0.2, -0.15) is 4.98 Å². The Balaban J connectivity index is 1.56. The molecule has 0 bridgehead atoms. The molecule has 0 fully saturated rings. The maximum absolute atomic E-state index is 11.9. The lowest BCUT2D eigenvalue weighted by atomic mass is 10.0. The summed E-state index contributed by atoms with van der Waals surface area (Å²) in [5.74, 6) is 1.28. The smallest absolute Gasteiger partial charge is 0.264 e. The highest BCUT2D eigenvalue weighted by Gasteiger charge is 2.15. The lowest BCUT2D eigenvalue weighted by Crippen LogP contribution is -2.21. The molecular weight excluding hydrogens is 310 g/mol. The van der Waals surface area contributed by atoms with Crippen LogP contribution in [-0.2, 0) is 16.0 Å². The van der Waals surface area contributed by atoms with E-state index in [1.165, 1.54) is 0 Å². The minimum Gasteiger partial charge on any atom is -0.484 e. The van der Waals surface area contributed by atoms with Gasteiger partial charge in [-0.1, -0.05) is 19.9 Å². The molecular formula is C16H19N5O3. The lowest BCUT2D eigenvalue weighted by Gasteiger charge is -2.17. The Hall–Kier alpha value is -2.90. The molecule has 1 aromatic carbocycles. The largest absolute Gasteiger partial charge is 0.484 e. The molecule has 0 unspecified atom stereocenters. The number of nitrogens with zero attached hydrogens (tertiary/aromatic N) is 2. The number of fused-ring (bicyclic) bond motifs is 1. The highest BCUT2D eigenvalue weighted by molar-refractivity contribution is 5.94. The van der Waals surface area contributed by atoms with Crippen LogP contribution in [0.4, 0.5) is 11.6 Å². The Labute approximate surface area is 139 Å². The average Bonchev–Trinajstić information content (AvgIpc) is 3.01. The third-order valence-electron chi connectivity index (χ3n) is 3.65. The van der Waals surface area contributed by atoms with Crippen LogP contribution in [0.5, 0.6) is 5.75 Å². The second-order valence-corrected chi connectivity index (χ2v) is 5.90. The first-order chi connectivity index (χ1) is 11.5. The Morgan fingerprint density at radius 2 is 2.21 bits per heavy atom. The van der Waals surface area contributed by atoms with Gasteiger partial charge in [0.15, 0.2) is 6.61 Å². The SMILES string of the molecule is CC(C)c1nc(NC(=O)COc2ccc3c(c2)NC(=O)CC3)n[nH]1. The fourth-order valence-electron chi connectivity index (χ4n) is 2.34. The molecule has 0 aliphatic carbocycles. The number of carbonyl (C=O) groups excluding carboxylic acids is 2. The zero-order chi connectivity index (χ0) is 17.1. The predicted octanol–water partition coefficient (Wildman–Crippen LogP) is 1.83. The standard InChI is InChI=1S/C16H19N5O3/c1-9(2)15-19-16(21-20-15)18-14(23)8-24-11-5-3-10-4-6-13(22)17-12(10)7-11/h3,5,7,9H,4,6,8H2,1-2H3,(H,17,22)(H2,18,19,20,21,23). The second-order valence-electron chi connectivity index (χ2n) is 5.90. The van der Waals surface area contributed by atoms with Crippen molar-refractivity contribution in [2.24, 2.45) is 0 Å². The molecule has 0 radical (unpaired) electrons. The van der Waals surface area contributed by atoms with Crippen LogP contribution in [0.3, 0.4) is 0 Å².